The molecule has 2 amide bonds. The highest BCUT2D eigenvalue weighted by Crippen LogP contribution is 2.36. The smallest absolute Gasteiger partial charge is 0.335 e. The Morgan fingerprint density at radius 1 is 1.19 bits per heavy atom. The summed E-state index contributed by atoms with van der Waals surface area (Å²) in [6.07, 6.45) is -4.75. The number of benzene rings is 1. The van der Waals surface area contributed by atoms with Crippen LogP contribution in [0.3, 0.4) is 0 Å². The van der Waals surface area contributed by atoms with Crippen LogP contribution in [0.25, 0.3) is 0 Å². The van der Waals surface area contributed by atoms with Crippen LogP contribution in [0.5, 0.6) is 0 Å². The molecular formula is C14H18F4N2O. The molecule has 0 saturated carbocycles. The summed E-state index contributed by atoms with van der Waals surface area (Å²) in [6, 6.07) is 1.33. The second-order valence-corrected chi connectivity index (χ2v) is 5.85. The van der Waals surface area contributed by atoms with E-state index in [4.69, 9.17) is 0 Å². The number of nitrogens with one attached hydrogen (secondary N) is 2. The summed E-state index contributed by atoms with van der Waals surface area (Å²) in [6.45, 7) is 7.30. The van der Waals surface area contributed by atoms with E-state index in [9.17, 15) is 22.4 Å². The fourth-order valence-corrected chi connectivity index (χ4v) is 1.45. The standard InChI is InChI=1S/C14H18F4N2O/c1-8(13(2,3)4)19-12(21)20-11-9(14(16,17)18)6-5-7-10(11)15/h5-8H,1-4H3,(H2,19,20,21). The van der Waals surface area contributed by atoms with Gasteiger partial charge in [0.1, 0.15) is 5.82 Å². The topological polar surface area (TPSA) is 41.1 Å². The zero-order chi connectivity index (χ0) is 16.4. The molecule has 2 N–H and O–H groups in total. The molecule has 1 rings (SSSR count). The fourth-order valence-electron chi connectivity index (χ4n) is 1.45. The summed E-state index contributed by atoms with van der Waals surface area (Å²) in [5.41, 5.74) is -2.37. The third-order valence-corrected chi connectivity index (χ3v) is 3.20. The number of hydrogen-bond donors (Lipinski definition) is 2. The quantitative estimate of drug-likeness (QED) is 0.781. The van der Waals surface area contributed by atoms with Gasteiger partial charge in [0.25, 0.3) is 0 Å². The molecule has 1 aromatic rings. The lowest BCUT2D eigenvalue weighted by Gasteiger charge is -2.28. The maximum atomic E-state index is 13.6. The lowest BCUT2D eigenvalue weighted by molar-refractivity contribution is -0.137. The van der Waals surface area contributed by atoms with Crippen LogP contribution in [0, 0.1) is 11.2 Å². The number of carbonyl (C=O) groups is 1. The Morgan fingerprint density at radius 2 is 1.76 bits per heavy atom. The largest absolute Gasteiger partial charge is 0.418 e. The van der Waals surface area contributed by atoms with E-state index in [0.29, 0.717) is 6.07 Å². The molecule has 3 nitrogen and oxygen atoms in total. The van der Waals surface area contributed by atoms with E-state index < -0.39 is 29.3 Å². The van der Waals surface area contributed by atoms with E-state index in [2.05, 4.69) is 5.32 Å². The van der Waals surface area contributed by atoms with Gasteiger partial charge < -0.3 is 10.6 Å². The van der Waals surface area contributed by atoms with Crippen molar-refractivity contribution < 1.29 is 22.4 Å². The van der Waals surface area contributed by atoms with E-state index in [1.165, 1.54) is 0 Å². The number of amides is 2. The van der Waals surface area contributed by atoms with Gasteiger partial charge in [-0.3, -0.25) is 0 Å². The molecule has 21 heavy (non-hydrogen) atoms. The number of anilines is 1. The van der Waals surface area contributed by atoms with Crippen molar-refractivity contribution in [3.63, 3.8) is 0 Å². The summed E-state index contributed by atoms with van der Waals surface area (Å²) in [5.74, 6) is -1.14. The van der Waals surface area contributed by atoms with Crippen LogP contribution in [0.1, 0.15) is 33.3 Å². The minimum atomic E-state index is -4.75. The SMILES string of the molecule is CC(NC(=O)Nc1c(F)cccc1C(F)(F)F)C(C)(C)C. The van der Waals surface area contributed by atoms with E-state index in [-0.39, 0.29) is 11.5 Å². The fraction of sp³-hybridized carbons (Fsp3) is 0.500. The number of hydrogen-bond acceptors (Lipinski definition) is 1. The van der Waals surface area contributed by atoms with E-state index in [0.717, 1.165) is 12.1 Å². The van der Waals surface area contributed by atoms with E-state index >= 15 is 0 Å². The monoisotopic (exact) mass is 306 g/mol. The molecule has 1 aromatic carbocycles. The van der Waals surface area contributed by atoms with Gasteiger partial charge in [0.15, 0.2) is 0 Å². The molecule has 7 heteroatoms. The average molecular weight is 306 g/mol. The Bertz CT molecular complexity index is 521. The molecule has 0 heterocycles. The first-order valence-electron chi connectivity index (χ1n) is 6.36. The predicted octanol–water partition coefficient (Wildman–Crippen LogP) is 4.40. The van der Waals surface area contributed by atoms with E-state index in [1.807, 2.05) is 26.1 Å². The molecular weight excluding hydrogens is 288 g/mol. The van der Waals surface area contributed by atoms with Gasteiger partial charge in [0.05, 0.1) is 11.3 Å². The van der Waals surface area contributed by atoms with Crippen molar-refractivity contribution in [1.82, 2.24) is 5.32 Å². The van der Waals surface area contributed by atoms with Gasteiger partial charge in [-0.25, -0.2) is 9.18 Å². The lowest BCUT2D eigenvalue weighted by Crippen LogP contribution is -2.43. The molecule has 0 aliphatic rings. The summed E-state index contributed by atoms with van der Waals surface area (Å²) in [7, 11) is 0. The number of rotatable bonds is 2. The van der Waals surface area contributed by atoms with Crippen molar-refractivity contribution in [2.75, 3.05) is 5.32 Å². The van der Waals surface area contributed by atoms with Crippen LogP contribution in [0.15, 0.2) is 18.2 Å². The maximum Gasteiger partial charge on any atom is 0.418 e. The van der Waals surface area contributed by atoms with Crippen molar-refractivity contribution in [3.8, 4) is 0 Å². The first-order valence-corrected chi connectivity index (χ1v) is 6.36. The second-order valence-electron chi connectivity index (χ2n) is 5.85. The summed E-state index contributed by atoms with van der Waals surface area (Å²) >= 11 is 0. The zero-order valence-electron chi connectivity index (χ0n) is 12.2. The van der Waals surface area contributed by atoms with Crippen LogP contribution < -0.4 is 10.6 Å². The minimum Gasteiger partial charge on any atom is -0.335 e. The first kappa shape index (κ1) is 17.3. The van der Waals surface area contributed by atoms with Gasteiger partial charge in [-0.2, -0.15) is 13.2 Å². The van der Waals surface area contributed by atoms with Crippen molar-refractivity contribution >= 4 is 11.7 Å². The maximum absolute atomic E-state index is 13.6. The Kier molecular flexibility index (Phi) is 4.86. The molecule has 118 valence electrons. The van der Waals surface area contributed by atoms with Crippen LogP contribution in [-0.4, -0.2) is 12.1 Å². The zero-order valence-corrected chi connectivity index (χ0v) is 12.2. The predicted molar refractivity (Wildman–Crippen MR) is 72.5 cm³/mol. The molecule has 0 saturated heterocycles. The van der Waals surface area contributed by atoms with E-state index in [1.54, 1.807) is 6.92 Å². The highest BCUT2D eigenvalue weighted by atomic mass is 19.4. The Labute approximate surface area is 120 Å². The first-order chi connectivity index (χ1) is 9.43. The molecule has 0 aromatic heterocycles. The second kappa shape index (κ2) is 5.91. The summed E-state index contributed by atoms with van der Waals surface area (Å²) < 4.78 is 51.9. The number of para-hydroxylation sites is 1. The van der Waals surface area contributed by atoms with Crippen molar-refractivity contribution in [1.29, 1.82) is 0 Å². The van der Waals surface area contributed by atoms with Crippen molar-refractivity contribution in [3.05, 3.63) is 29.6 Å². The Balaban J connectivity index is 2.96. The molecule has 1 atom stereocenters. The summed E-state index contributed by atoms with van der Waals surface area (Å²) in [4.78, 5) is 11.7. The molecule has 0 spiro atoms. The normalized spacial score (nSPS) is 13.7. The highest BCUT2D eigenvalue weighted by molar-refractivity contribution is 5.90. The van der Waals surface area contributed by atoms with Crippen molar-refractivity contribution in [2.45, 2.75) is 39.9 Å². The Hall–Kier alpha value is -1.79. The summed E-state index contributed by atoms with van der Waals surface area (Å²) in [5, 5.41) is 4.43. The van der Waals surface area contributed by atoms with Crippen LogP contribution in [0.2, 0.25) is 0 Å². The number of urea groups is 1. The molecule has 0 bridgehead atoms. The Morgan fingerprint density at radius 3 is 2.24 bits per heavy atom. The van der Waals surface area contributed by atoms with Gasteiger partial charge in [-0.05, 0) is 24.5 Å². The molecule has 1 unspecified atom stereocenters. The van der Waals surface area contributed by atoms with Gasteiger partial charge >= 0.3 is 12.2 Å². The molecule has 0 radical (unpaired) electrons. The minimum absolute atomic E-state index is 0.278. The number of halogens is 4. The van der Waals surface area contributed by atoms with Gasteiger partial charge in [-0.1, -0.05) is 26.8 Å². The molecule has 0 aliphatic carbocycles. The van der Waals surface area contributed by atoms with Gasteiger partial charge in [0.2, 0.25) is 0 Å². The third kappa shape index (κ3) is 4.61. The highest BCUT2D eigenvalue weighted by Gasteiger charge is 2.35. The van der Waals surface area contributed by atoms with Crippen molar-refractivity contribution in [2.24, 2.45) is 5.41 Å². The van der Waals surface area contributed by atoms with Crippen LogP contribution in [0.4, 0.5) is 28.0 Å². The number of carbonyl (C=O) groups excluding carboxylic acids is 1. The van der Waals surface area contributed by atoms with Crippen LogP contribution in [-0.2, 0) is 6.18 Å². The molecule has 0 aliphatic heterocycles. The lowest BCUT2D eigenvalue weighted by atomic mass is 9.88. The van der Waals surface area contributed by atoms with Crippen LogP contribution >= 0.6 is 0 Å². The average Bonchev–Trinajstić information content (AvgIpc) is 2.28. The van der Waals surface area contributed by atoms with Gasteiger partial charge in [-0.15, -0.1) is 0 Å². The molecule has 0 fully saturated rings. The van der Waals surface area contributed by atoms with Gasteiger partial charge in [0, 0.05) is 6.04 Å². The number of alkyl halides is 3. The third-order valence-electron chi connectivity index (χ3n) is 3.20.